The number of carbonyl (C=O) groups is 4. The highest BCUT2D eigenvalue weighted by Gasteiger charge is 2.49. The van der Waals surface area contributed by atoms with Crippen LogP contribution in [0.4, 0.5) is 4.79 Å². The average molecular weight is 390 g/mol. The molecule has 1 saturated heterocycles. The van der Waals surface area contributed by atoms with Gasteiger partial charge in [-0.25, -0.2) is 4.79 Å². The summed E-state index contributed by atoms with van der Waals surface area (Å²) in [4.78, 5) is 49.7. The van der Waals surface area contributed by atoms with E-state index in [1.807, 2.05) is 0 Å². The molecule has 28 heavy (non-hydrogen) atoms. The standard InChI is InChI=1S/C18H22N4O6/c1-10(2)20-14(23)7-19-15(24)8-22-16(25)18(3,21-17(22)26)11-4-5-12-13(6-11)28-9-27-12/h4-6,10H,7-9H2,1-3H3,(H,19,24)(H,20,23)(H,21,26)/t18-/m1/s1. The normalized spacial score (nSPS) is 20.4. The molecule has 0 aromatic heterocycles. The van der Waals surface area contributed by atoms with Gasteiger partial charge in [0, 0.05) is 6.04 Å². The van der Waals surface area contributed by atoms with Crippen LogP contribution >= 0.6 is 0 Å². The first-order valence-corrected chi connectivity index (χ1v) is 8.81. The van der Waals surface area contributed by atoms with E-state index in [9.17, 15) is 19.2 Å². The van der Waals surface area contributed by atoms with Crippen molar-refractivity contribution < 1.29 is 28.7 Å². The van der Waals surface area contributed by atoms with Gasteiger partial charge in [-0.1, -0.05) is 6.07 Å². The number of hydrogen-bond acceptors (Lipinski definition) is 6. The Balaban J connectivity index is 1.66. The maximum atomic E-state index is 12.9. The van der Waals surface area contributed by atoms with Gasteiger partial charge in [0.15, 0.2) is 11.5 Å². The Kier molecular flexibility index (Phi) is 5.12. The van der Waals surface area contributed by atoms with Gasteiger partial charge in [-0.15, -0.1) is 0 Å². The molecule has 0 radical (unpaired) electrons. The molecule has 1 fully saturated rings. The van der Waals surface area contributed by atoms with Crippen LogP contribution in [-0.2, 0) is 19.9 Å². The Bertz CT molecular complexity index is 839. The highest BCUT2D eigenvalue weighted by atomic mass is 16.7. The molecule has 2 aliphatic heterocycles. The number of carbonyl (C=O) groups excluding carboxylic acids is 4. The van der Waals surface area contributed by atoms with E-state index in [4.69, 9.17) is 9.47 Å². The molecule has 0 unspecified atom stereocenters. The first-order chi connectivity index (χ1) is 13.2. The third kappa shape index (κ3) is 3.71. The smallest absolute Gasteiger partial charge is 0.325 e. The Hall–Kier alpha value is -3.30. The maximum Gasteiger partial charge on any atom is 0.325 e. The first-order valence-electron chi connectivity index (χ1n) is 8.81. The van der Waals surface area contributed by atoms with Gasteiger partial charge in [0.05, 0.1) is 6.54 Å². The lowest BCUT2D eigenvalue weighted by Gasteiger charge is -2.22. The van der Waals surface area contributed by atoms with Crippen molar-refractivity contribution in [3.8, 4) is 11.5 Å². The molecule has 2 aliphatic rings. The molecular formula is C18H22N4O6. The summed E-state index contributed by atoms with van der Waals surface area (Å²) < 4.78 is 10.6. The monoisotopic (exact) mass is 390 g/mol. The number of nitrogens with one attached hydrogen (secondary N) is 3. The van der Waals surface area contributed by atoms with Crippen LogP contribution in [0.15, 0.2) is 18.2 Å². The molecule has 3 rings (SSSR count). The van der Waals surface area contributed by atoms with Gasteiger partial charge >= 0.3 is 6.03 Å². The van der Waals surface area contributed by atoms with Gasteiger partial charge in [-0.2, -0.15) is 0 Å². The second-order valence-electron chi connectivity index (χ2n) is 7.01. The molecule has 2 heterocycles. The van der Waals surface area contributed by atoms with E-state index in [0.29, 0.717) is 17.1 Å². The van der Waals surface area contributed by atoms with Gasteiger partial charge in [0.1, 0.15) is 12.1 Å². The van der Waals surface area contributed by atoms with Crippen LogP contribution in [0.25, 0.3) is 0 Å². The third-order valence-corrected chi connectivity index (χ3v) is 4.42. The second-order valence-corrected chi connectivity index (χ2v) is 7.01. The summed E-state index contributed by atoms with van der Waals surface area (Å²) in [7, 11) is 0. The maximum absolute atomic E-state index is 12.9. The fraction of sp³-hybridized carbons (Fsp3) is 0.444. The quantitative estimate of drug-likeness (QED) is 0.579. The third-order valence-electron chi connectivity index (χ3n) is 4.42. The number of fused-ring (bicyclic) bond motifs is 1. The van der Waals surface area contributed by atoms with Crippen LogP contribution < -0.4 is 25.4 Å². The van der Waals surface area contributed by atoms with Crippen molar-refractivity contribution in [2.45, 2.75) is 32.4 Å². The molecule has 1 aromatic rings. The Labute approximate surface area is 161 Å². The molecule has 10 heteroatoms. The number of hydrogen-bond donors (Lipinski definition) is 3. The van der Waals surface area contributed by atoms with Crippen molar-refractivity contribution >= 4 is 23.8 Å². The van der Waals surface area contributed by atoms with Crippen molar-refractivity contribution in [1.29, 1.82) is 0 Å². The largest absolute Gasteiger partial charge is 0.454 e. The highest BCUT2D eigenvalue weighted by Crippen LogP contribution is 2.37. The lowest BCUT2D eigenvalue weighted by molar-refractivity contribution is -0.135. The molecule has 3 N–H and O–H groups in total. The lowest BCUT2D eigenvalue weighted by Crippen LogP contribution is -2.45. The van der Waals surface area contributed by atoms with E-state index in [1.54, 1.807) is 39.0 Å². The number of imide groups is 1. The first kappa shape index (κ1) is 19.5. The number of benzene rings is 1. The zero-order valence-corrected chi connectivity index (χ0v) is 15.8. The zero-order valence-electron chi connectivity index (χ0n) is 15.8. The van der Waals surface area contributed by atoms with E-state index < -0.39 is 29.9 Å². The van der Waals surface area contributed by atoms with Gasteiger partial charge in [0.25, 0.3) is 5.91 Å². The van der Waals surface area contributed by atoms with Crippen LogP contribution in [-0.4, -0.2) is 54.6 Å². The van der Waals surface area contributed by atoms with Crippen LogP contribution in [0.5, 0.6) is 11.5 Å². The minimum absolute atomic E-state index is 0.0576. The van der Waals surface area contributed by atoms with Crippen molar-refractivity contribution in [1.82, 2.24) is 20.9 Å². The SMILES string of the molecule is CC(C)NC(=O)CNC(=O)CN1C(=O)N[C@](C)(c2ccc3c(c2)OCO3)C1=O. The Morgan fingerprint density at radius 2 is 1.93 bits per heavy atom. The molecule has 0 aliphatic carbocycles. The second kappa shape index (κ2) is 7.37. The molecule has 0 spiro atoms. The van der Waals surface area contributed by atoms with Crippen molar-refractivity contribution in [2.24, 2.45) is 0 Å². The minimum Gasteiger partial charge on any atom is -0.454 e. The number of amides is 5. The summed E-state index contributed by atoms with van der Waals surface area (Å²) in [5, 5.41) is 7.64. The molecule has 1 aromatic carbocycles. The number of ether oxygens (including phenoxy) is 2. The molecule has 0 bridgehead atoms. The summed E-state index contributed by atoms with van der Waals surface area (Å²) in [5.41, 5.74) is -0.831. The van der Waals surface area contributed by atoms with Crippen LogP contribution in [0.1, 0.15) is 26.3 Å². The summed E-state index contributed by atoms with van der Waals surface area (Å²) in [6, 6.07) is 4.20. The molecule has 150 valence electrons. The van der Waals surface area contributed by atoms with E-state index >= 15 is 0 Å². The summed E-state index contributed by atoms with van der Waals surface area (Å²) in [6.45, 7) is 4.51. The predicted molar refractivity (Wildman–Crippen MR) is 96.5 cm³/mol. The van der Waals surface area contributed by atoms with E-state index in [1.165, 1.54) is 0 Å². The van der Waals surface area contributed by atoms with Gasteiger partial charge in [0.2, 0.25) is 18.6 Å². The van der Waals surface area contributed by atoms with Crippen LogP contribution in [0, 0.1) is 0 Å². The summed E-state index contributed by atoms with van der Waals surface area (Å²) >= 11 is 0. The fourth-order valence-corrected chi connectivity index (χ4v) is 3.00. The van der Waals surface area contributed by atoms with E-state index in [0.717, 1.165) is 4.90 Å². The highest BCUT2D eigenvalue weighted by molar-refractivity contribution is 6.09. The van der Waals surface area contributed by atoms with Crippen molar-refractivity contribution in [3.05, 3.63) is 23.8 Å². The zero-order chi connectivity index (χ0) is 20.5. The number of urea groups is 1. The number of nitrogens with zero attached hydrogens (tertiary/aromatic N) is 1. The Morgan fingerprint density at radius 3 is 2.64 bits per heavy atom. The predicted octanol–water partition coefficient (Wildman–Crippen LogP) is -0.177. The fourth-order valence-electron chi connectivity index (χ4n) is 3.00. The molecule has 5 amide bonds. The van der Waals surface area contributed by atoms with Crippen LogP contribution in [0.2, 0.25) is 0 Å². The minimum atomic E-state index is -1.34. The van der Waals surface area contributed by atoms with Crippen molar-refractivity contribution in [2.75, 3.05) is 19.9 Å². The van der Waals surface area contributed by atoms with E-state index in [-0.39, 0.29) is 25.3 Å². The van der Waals surface area contributed by atoms with Crippen LogP contribution in [0.3, 0.4) is 0 Å². The molecule has 1 atom stereocenters. The summed E-state index contributed by atoms with van der Waals surface area (Å²) in [6.07, 6.45) is 0. The molecule has 0 saturated carbocycles. The van der Waals surface area contributed by atoms with Crippen molar-refractivity contribution in [3.63, 3.8) is 0 Å². The van der Waals surface area contributed by atoms with Gasteiger partial charge < -0.3 is 25.4 Å². The molecular weight excluding hydrogens is 368 g/mol. The lowest BCUT2D eigenvalue weighted by atomic mass is 9.91. The topological polar surface area (TPSA) is 126 Å². The van der Waals surface area contributed by atoms with Gasteiger partial charge in [-0.3, -0.25) is 19.3 Å². The number of rotatable bonds is 6. The van der Waals surface area contributed by atoms with Gasteiger partial charge in [-0.05, 0) is 38.5 Å². The Morgan fingerprint density at radius 1 is 1.21 bits per heavy atom. The summed E-state index contributed by atoms with van der Waals surface area (Å²) in [5.74, 6) is -0.505. The van der Waals surface area contributed by atoms with E-state index in [2.05, 4.69) is 16.0 Å². The average Bonchev–Trinajstić information content (AvgIpc) is 3.18. The molecule has 10 nitrogen and oxygen atoms in total.